The zero-order valence-electron chi connectivity index (χ0n) is 12.5. The number of hydrogen-bond acceptors (Lipinski definition) is 6. The lowest BCUT2D eigenvalue weighted by Crippen LogP contribution is -2.25. The quantitative estimate of drug-likeness (QED) is 0.912. The predicted molar refractivity (Wildman–Crippen MR) is 84.1 cm³/mol. The van der Waals surface area contributed by atoms with Crippen LogP contribution in [-0.2, 0) is 17.9 Å². The third kappa shape index (κ3) is 3.66. The van der Waals surface area contributed by atoms with Crippen LogP contribution in [0.5, 0.6) is 0 Å². The number of amides is 1. The van der Waals surface area contributed by atoms with Gasteiger partial charge in [0, 0.05) is 30.7 Å². The first-order valence-corrected chi connectivity index (χ1v) is 8.28. The van der Waals surface area contributed by atoms with Crippen molar-refractivity contribution in [2.45, 2.75) is 38.9 Å². The first-order chi connectivity index (χ1) is 10.7. The van der Waals surface area contributed by atoms with Crippen LogP contribution < -0.4 is 5.32 Å². The molecule has 1 amide bonds. The van der Waals surface area contributed by atoms with Gasteiger partial charge in [0.1, 0.15) is 5.82 Å². The zero-order chi connectivity index (χ0) is 15.4. The predicted octanol–water partition coefficient (Wildman–Crippen LogP) is 1.91. The zero-order valence-corrected chi connectivity index (χ0v) is 13.3. The standard InChI is InChI=1S/C15H19N5OS/c1-11(21)18-7-12-4-5-17-15(19-12)14-3-2-6-20(14)9-13-8-16-10-22-13/h4-5,8,10,14H,2-3,6-7,9H2,1H3,(H,18,21)/t14-/m1/s1. The second-order valence-electron chi connectivity index (χ2n) is 5.41. The summed E-state index contributed by atoms with van der Waals surface area (Å²) in [6.07, 6.45) is 5.93. The highest BCUT2D eigenvalue weighted by atomic mass is 32.1. The van der Waals surface area contributed by atoms with Crippen molar-refractivity contribution in [3.63, 3.8) is 0 Å². The molecule has 22 heavy (non-hydrogen) atoms. The van der Waals surface area contributed by atoms with E-state index in [2.05, 4.69) is 25.2 Å². The lowest BCUT2D eigenvalue weighted by Gasteiger charge is -2.22. The van der Waals surface area contributed by atoms with Gasteiger partial charge in [-0.05, 0) is 25.5 Å². The number of aromatic nitrogens is 3. The molecule has 6 nitrogen and oxygen atoms in total. The van der Waals surface area contributed by atoms with Gasteiger partial charge in [-0.1, -0.05) is 0 Å². The van der Waals surface area contributed by atoms with Crippen molar-refractivity contribution in [2.75, 3.05) is 6.54 Å². The van der Waals surface area contributed by atoms with Crippen molar-refractivity contribution in [2.24, 2.45) is 0 Å². The molecule has 1 aliphatic heterocycles. The minimum atomic E-state index is -0.0483. The molecule has 0 saturated carbocycles. The van der Waals surface area contributed by atoms with E-state index in [4.69, 9.17) is 0 Å². The molecule has 2 aromatic rings. The molecule has 3 heterocycles. The van der Waals surface area contributed by atoms with E-state index in [-0.39, 0.29) is 11.9 Å². The van der Waals surface area contributed by atoms with Crippen molar-refractivity contribution < 1.29 is 4.79 Å². The fourth-order valence-corrected chi connectivity index (χ4v) is 3.33. The average molecular weight is 317 g/mol. The summed E-state index contributed by atoms with van der Waals surface area (Å²) in [7, 11) is 0. The molecule has 7 heteroatoms. The first-order valence-electron chi connectivity index (χ1n) is 7.40. The molecule has 0 aliphatic carbocycles. The van der Waals surface area contributed by atoms with Crippen LogP contribution in [0.15, 0.2) is 24.0 Å². The van der Waals surface area contributed by atoms with Crippen molar-refractivity contribution in [3.05, 3.63) is 40.4 Å². The van der Waals surface area contributed by atoms with Crippen LogP contribution in [0.25, 0.3) is 0 Å². The molecule has 1 N–H and O–H groups in total. The normalized spacial score (nSPS) is 18.5. The maximum Gasteiger partial charge on any atom is 0.217 e. The number of hydrogen-bond donors (Lipinski definition) is 1. The molecule has 116 valence electrons. The Morgan fingerprint density at radius 3 is 3.23 bits per heavy atom. The summed E-state index contributed by atoms with van der Waals surface area (Å²) in [6, 6.07) is 2.10. The maximum absolute atomic E-state index is 11.0. The van der Waals surface area contributed by atoms with E-state index < -0.39 is 0 Å². The second kappa shape index (κ2) is 6.93. The van der Waals surface area contributed by atoms with Gasteiger partial charge in [0.05, 0.1) is 23.8 Å². The number of carbonyl (C=O) groups is 1. The van der Waals surface area contributed by atoms with E-state index in [1.54, 1.807) is 17.5 Å². The minimum Gasteiger partial charge on any atom is -0.351 e. The molecule has 1 saturated heterocycles. The summed E-state index contributed by atoms with van der Waals surface area (Å²) in [5.41, 5.74) is 2.72. The molecule has 2 aromatic heterocycles. The molecule has 1 atom stereocenters. The number of nitrogens with zero attached hydrogens (tertiary/aromatic N) is 4. The molecule has 0 radical (unpaired) electrons. The van der Waals surface area contributed by atoms with E-state index in [0.717, 1.165) is 37.4 Å². The lowest BCUT2D eigenvalue weighted by molar-refractivity contribution is -0.119. The third-order valence-corrected chi connectivity index (χ3v) is 4.52. The van der Waals surface area contributed by atoms with E-state index in [0.29, 0.717) is 6.54 Å². The van der Waals surface area contributed by atoms with Crippen molar-refractivity contribution >= 4 is 17.2 Å². The van der Waals surface area contributed by atoms with E-state index >= 15 is 0 Å². The highest BCUT2D eigenvalue weighted by molar-refractivity contribution is 7.09. The summed E-state index contributed by atoms with van der Waals surface area (Å²) < 4.78 is 0. The molecule has 1 fully saturated rings. The van der Waals surface area contributed by atoms with Crippen molar-refractivity contribution in [3.8, 4) is 0 Å². The number of likely N-dealkylation sites (tertiary alicyclic amines) is 1. The van der Waals surface area contributed by atoms with Gasteiger partial charge in [-0.25, -0.2) is 9.97 Å². The number of nitrogens with one attached hydrogen (secondary N) is 1. The highest BCUT2D eigenvalue weighted by Gasteiger charge is 2.28. The summed E-state index contributed by atoms with van der Waals surface area (Å²) in [5.74, 6) is 0.803. The monoisotopic (exact) mass is 317 g/mol. The Kier molecular flexibility index (Phi) is 4.74. The Hall–Kier alpha value is -1.86. The lowest BCUT2D eigenvalue weighted by atomic mass is 10.2. The Morgan fingerprint density at radius 1 is 1.55 bits per heavy atom. The van der Waals surface area contributed by atoms with Crippen LogP contribution in [0.1, 0.15) is 42.2 Å². The van der Waals surface area contributed by atoms with Gasteiger partial charge in [0.2, 0.25) is 5.91 Å². The molecule has 1 aliphatic rings. The number of thiazole rings is 1. The fourth-order valence-electron chi connectivity index (χ4n) is 2.72. The smallest absolute Gasteiger partial charge is 0.217 e. The topological polar surface area (TPSA) is 71.0 Å². The molecular weight excluding hydrogens is 298 g/mol. The summed E-state index contributed by atoms with van der Waals surface area (Å²) in [6.45, 7) is 3.92. The highest BCUT2D eigenvalue weighted by Crippen LogP contribution is 2.31. The van der Waals surface area contributed by atoms with Crippen LogP contribution in [0.4, 0.5) is 0 Å². The van der Waals surface area contributed by atoms with Crippen molar-refractivity contribution in [1.29, 1.82) is 0 Å². The maximum atomic E-state index is 11.0. The number of rotatable bonds is 5. The molecule has 0 aromatic carbocycles. The van der Waals surface area contributed by atoms with Crippen LogP contribution in [0.3, 0.4) is 0 Å². The second-order valence-corrected chi connectivity index (χ2v) is 6.38. The van der Waals surface area contributed by atoms with Gasteiger partial charge in [-0.15, -0.1) is 11.3 Å². The molecule has 0 spiro atoms. The number of carbonyl (C=O) groups excluding carboxylic acids is 1. The molecule has 0 bridgehead atoms. The SMILES string of the molecule is CC(=O)NCc1ccnc([C@H]2CCCN2Cc2cncs2)n1. The third-order valence-electron chi connectivity index (χ3n) is 3.75. The largest absolute Gasteiger partial charge is 0.351 e. The van der Waals surface area contributed by atoms with Gasteiger partial charge < -0.3 is 5.32 Å². The van der Waals surface area contributed by atoms with Crippen LogP contribution in [0, 0.1) is 0 Å². The minimum absolute atomic E-state index is 0.0483. The van der Waals surface area contributed by atoms with Gasteiger partial charge >= 0.3 is 0 Å². The van der Waals surface area contributed by atoms with Gasteiger partial charge in [0.25, 0.3) is 0 Å². The Balaban J connectivity index is 1.71. The summed E-state index contributed by atoms with van der Waals surface area (Å²) in [4.78, 5) is 27.9. The summed E-state index contributed by atoms with van der Waals surface area (Å²) >= 11 is 1.68. The van der Waals surface area contributed by atoms with Crippen LogP contribution in [-0.4, -0.2) is 32.3 Å². The Morgan fingerprint density at radius 2 is 2.45 bits per heavy atom. The Labute approximate surface area is 133 Å². The molecular formula is C15H19N5OS. The van der Waals surface area contributed by atoms with E-state index in [1.807, 2.05) is 17.8 Å². The van der Waals surface area contributed by atoms with Crippen molar-refractivity contribution in [1.82, 2.24) is 25.2 Å². The van der Waals surface area contributed by atoms with Crippen LogP contribution >= 0.6 is 11.3 Å². The first kappa shape index (κ1) is 15.1. The van der Waals surface area contributed by atoms with Crippen LogP contribution in [0.2, 0.25) is 0 Å². The van der Waals surface area contributed by atoms with E-state index in [9.17, 15) is 4.79 Å². The fraction of sp³-hybridized carbons (Fsp3) is 0.467. The van der Waals surface area contributed by atoms with Gasteiger partial charge in [-0.3, -0.25) is 14.7 Å². The molecule has 3 rings (SSSR count). The Bertz CT molecular complexity index is 631. The average Bonchev–Trinajstić information content (AvgIpc) is 3.18. The van der Waals surface area contributed by atoms with E-state index in [1.165, 1.54) is 11.8 Å². The van der Waals surface area contributed by atoms with Gasteiger partial charge in [-0.2, -0.15) is 0 Å². The molecule has 0 unspecified atom stereocenters. The van der Waals surface area contributed by atoms with Gasteiger partial charge in [0.15, 0.2) is 0 Å². The summed E-state index contributed by atoms with van der Waals surface area (Å²) in [5, 5.41) is 2.78.